The second-order valence-corrected chi connectivity index (χ2v) is 5.73. The lowest BCUT2D eigenvalue weighted by molar-refractivity contribution is 0.735. The van der Waals surface area contributed by atoms with Crippen LogP contribution in [0.3, 0.4) is 0 Å². The first-order valence-electron chi connectivity index (χ1n) is 7.77. The van der Waals surface area contributed by atoms with Gasteiger partial charge in [0.25, 0.3) is 0 Å². The van der Waals surface area contributed by atoms with E-state index in [-0.39, 0.29) is 0 Å². The first-order valence-corrected chi connectivity index (χ1v) is 7.77. The smallest absolute Gasteiger partial charge is 0.0813 e. The van der Waals surface area contributed by atoms with E-state index in [2.05, 4.69) is 48.3 Å². The predicted octanol–water partition coefficient (Wildman–Crippen LogP) is 3.79. The summed E-state index contributed by atoms with van der Waals surface area (Å²) in [6.07, 6.45) is 6.90. The van der Waals surface area contributed by atoms with E-state index in [1.807, 2.05) is 6.20 Å². The third-order valence-electron chi connectivity index (χ3n) is 4.31. The van der Waals surface area contributed by atoms with Crippen LogP contribution in [0.2, 0.25) is 0 Å². The molecule has 2 heteroatoms. The van der Waals surface area contributed by atoms with Crippen molar-refractivity contribution in [1.82, 2.24) is 0 Å². The molecule has 0 aromatic heterocycles. The summed E-state index contributed by atoms with van der Waals surface area (Å²) < 4.78 is 0. The van der Waals surface area contributed by atoms with Gasteiger partial charge in [-0.1, -0.05) is 38.0 Å². The highest BCUT2D eigenvalue weighted by Crippen LogP contribution is 2.31. The van der Waals surface area contributed by atoms with E-state index in [1.165, 1.54) is 40.8 Å². The average molecular weight is 274 g/mol. The lowest BCUT2D eigenvalue weighted by atomic mass is 9.99. The topological polar surface area (TPSA) is 24.7 Å². The molecule has 104 valence electrons. The van der Waals surface area contributed by atoms with Crippen molar-refractivity contribution in [1.29, 1.82) is 0 Å². The Labute approximate surface area is 123 Å². The third-order valence-corrected chi connectivity index (χ3v) is 4.31. The van der Waals surface area contributed by atoms with Crippen LogP contribution in [-0.2, 0) is 0 Å². The molecule has 4 rings (SSSR count). The summed E-state index contributed by atoms with van der Waals surface area (Å²) in [5.41, 5.74) is 3.74. The van der Waals surface area contributed by atoms with Gasteiger partial charge in [0.2, 0.25) is 0 Å². The Kier molecular flexibility index (Phi) is 2.95. The van der Waals surface area contributed by atoms with Crippen molar-refractivity contribution >= 4 is 11.3 Å². The van der Waals surface area contributed by atoms with E-state index in [0.717, 1.165) is 22.8 Å². The Morgan fingerprint density at radius 3 is 2.71 bits per heavy atom. The van der Waals surface area contributed by atoms with Crippen LogP contribution in [0.5, 0.6) is 0 Å². The van der Waals surface area contributed by atoms with Crippen molar-refractivity contribution in [2.75, 3.05) is 0 Å². The molecule has 2 nitrogen and oxygen atoms in total. The van der Waals surface area contributed by atoms with Crippen LogP contribution in [0.1, 0.15) is 38.2 Å². The van der Waals surface area contributed by atoms with Crippen LogP contribution in [0.4, 0.5) is 5.69 Å². The second-order valence-electron chi connectivity index (χ2n) is 5.73. The number of unbranched alkanes of at least 4 members (excludes halogenated alkanes) is 2. The van der Waals surface area contributed by atoms with Gasteiger partial charge in [0.15, 0.2) is 0 Å². The molecule has 2 aliphatic heterocycles. The minimum Gasteiger partial charge on any atom is -0.256 e. The molecule has 0 aliphatic carbocycles. The van der Waals surface area contributed by atoms with E-state index >= 15 is 0 Å². The zero-order chi connectivity index (χ0) is 14.2. The molecule has 0 spiro atoms. The van der Waals surface area contributed by atoms with E-state index in [0.29, 0.717) is 0 Å². The van der Waals surface area contributed by atoms with Gasteiger partial charge in [-0.25, -0.2) is 4.99 Å². The van der Waals surface area contributed by atoms with Crippen LogP contribution in [0, 0.1) is 10.4 Å². The number of hydrogen-bond donors (Lipinski definition) is 0. The first-order chi connectivity index (χ1) is 10.4. The third kappa shape index (κ3) is 1.94. The molecule has 0 unspecified atom stereocenters. The number of fused-ring (bicyclic) bond motifs is 4. The Bertz CT molecular complexity index is 952. The summed E-state index contributed by atoms with van der Waals surface area (Å²) in [4.78, 5) is 9.44. The molecule has 21 heavy (non-hydrogen) atoms. The fraction of sp³-hybridized carbons (Fsp3) is 0.263. The molecular weight excluding hydrogens is 256 g/mol. The number of benzene rings is 2. The number of nitrogens with zero attached hydrogens (tertiary/aromatic N) is 2. The normalized spacial score (nSPS) is 13.9. The molecule has 0 fully saturated rings. The van der Waals surface area contributed by atoms with Crippen LogP contribution in [0.25, 0.3) is 5.57 Å². The van der Waals surface area contributed by atoms with Crippen molar-refractivity contribution < 1.29 is 0 Å². The van der Waals surface area contributed by atoms with Gasteiger partial charge in [-0.2, -0.15) is 0 Å². The van der Waals surface area contributed by atoms with Crippen LogP contribution in [0.15, 0.2) is 52.6 Å². The molecule has 0 atom stereocenters. The number of rotatable bonds is 4. The number of hydrogen-bond acceptors (Lipinski definition) is 2. The lowest BCUT2D eigenvalue weighted by Gasteiger charge is -2.06. The summed E-state index contributed by atoms with van der Waals surface area (Å²) in [5, 5.41) is 4.66. The largest absolute Gasteiger partial charge is 0.256 e. The molecule has 2 aromatic rings. The van der Waals surface area contributed by atoms with Crippen molar-refractivity contribution in [2.24, 2.45) is 9.98 Å². The number of para-hydroxylation sites is 1. The molecule has 0 saturated heterocycles. The highest BCUT2D eigenvalue weighted by molar-refractivity contribution is 5.77. The Morgan fingerprint density at radius 2 is 1.81 bits per heavy atom. The van der Waals surface area contributed by atoms with E-state index < -0.39 is 0 Å². The molecule has 2 aliphatic rings. The fourth-order valence-corrected chi connectivity index (χ4v) is 3.22. The molecule has 0 amide bonds. The van der Waals surface area contributed by atoms with Gasteiger partial charge < -0.3 is 0 Å². The Hall–Kier alpha value is -2.22. The monoisotopic (exact) mass is 274 g/mol. The summed E-state index contributed by atoms with van der Waals surface area (Å²) in [7, 11) is 0. The standard InChI is InChI=1S/C19H18N2/c1-2-3-4-7-13-12-20-17-11-10-15-14-8-5-6-9-16(14)21-19(15)18(13)17/h5-6,8-12H,2-4,7H2,1H3. The van der Waals surface area contributed by atoms with Gasteiger partial charge in [0.05, 0.1) is 16.4 Å². The second kappa shape index (κ2) is 4.96. The van der Waals surface area contributed by atoms with Crippen LogP contribution in [-0.4, -0.2) is 0 Å². The first kappa shape index (κ1) is 12.5. The van der Waals surface area contributed by atoms with Gasteiger partial charge in [-0.3, -0.25) is 4.99 Å². The van der Waals surface area contributed by atoms with Gasteiger partial charge in [0, 0.05) is 22.2 Å². The van der Waals surface area contributed by atoms with Crippen LogP contribution >= 0.6 is 0 Å². The van der Waals surface area contributed by atoms with E-state index in [9.17, 15) is 0 Å². The van der Waals surface area contributed by atoms with Gasteiger partial charge in [-0.05, 0) is 36.6 Å². The molecule has 2 aromatic carbocycles. The summed E-state index contributed by atoms with van der Waals surface area (Å²) in [5.74, 6) is 0. The van der Waals surface area contributed by atoms with Crippen molar-refractivity contribution in [3.8, 4) is 0 Å². The summed E-state index contributed by atoms with van der Waals surface area (Å²) >= 11 is 0. The van der Waals surface area contributed by atoms with Gasteiger partial charge in [0.1, 0.15) is 0 Å². The van der Waals surface area contributed by atoms with Crippen molar-refractivity contribution in [3.63, 3.8) is 0 Å². The molecular formula is C19H18N2. The fourth-order valence-electron chi connectivity index (χ4n) is 3.22. The molecule has 2 heterocycles. The Morgan fingerprint density at radius 1 is 0.905 bits per heavy atom. The van der Waals surface area contributed by atoms with Gasteiger partial charge in [-0.15, -0.1) is 0 Å². The van der Waals surface area contributed by atoms with Crippen molar-refractivity contribution in [3.05, 3.63) is 69.3 Å². The lowest BCUT2D eigenvalue weighted by Crippen LogP contribution is -2.04. The maximum Gasteiger partial charge on any atom is 0.0813 e. The van der Waals surface area contributed by atoms with Gasteiger partial charge >= 0.3 is 0 Å². The SMILES string of the molecule is CCCCCC1=CN=c2ccc3c(c21)N=c1ccccc1=3. The number of allylic oxidation sites excluding steroid dienone is 1. The summed E-state index contributed by atoms with van der Waals surface area (Å²) in [6, 6.07) is 12.7. The van der Waals surface area contributed by atoms with Crippen molar-refractivity contribution in [2.45, 2.75) is 32.6 Å². The molecule has 0 saturated carbocycles. The molecule has 0 bridgehead atoms. The average Bonchev–Trinajstić information content (AvgIpc) is 3.08. The maximum absolute atomic E-state index is 4.86. The quantitative estimate of drug-likeness (QED) is 0.647. The highest BCUT2D eigenvalue weighted by atomic mass is 14.8. The van der Waals surface area contributed by atoms with Crippen LogP contribution < -0.4 is 10.7 Å². The zero-order valence-electron chi connectivity index (χ0n) is 12.3. The molecule has 0 radical (unpaired) electrons. The zero-order valence-corrected chi connectivity index (χ0v) is 12.3. The molecule has 0 N–H and O–H groups in total. The predicted molar refractivity (Wildman–Crippen MR) is 84.6 cm³/mol. The van der Waals surface area contributed by atoms with E-state index in [4.69, 9.17) is 4.99 Å². The Balaban J connectivity index is 1.88. The summed E-state index contributed by atoms with van der Waals surface area (Å²) in [6.45, 7) is 2.24. The minimum atomic E-state index is 1.08. The van der Waals surface area contributed by atoms with E-state index in [1.54, 1.807) is 0 Å². The minimum absolute atomic E-state index is 1.08. The maximum atomic E-state index is 4.86. The highest BCUT2D eigenvalue weighted by Gasteiger charge is 2.17.